The van der Waals surface area contributed by atoms with Crippen LogP contribution in [0.1, 0.15) is 92.9 Å². The minimum absolute atomic E-state index is 0.423. The van der Waals surface area contributed by atoms with E-state index in [-0.39, 0.29) is 0 Å². The van der Waals surface area contributed by atoms with Crippen molar-refractivity contribution in [3.05, 3.63) is 223 Å². The number of nitrogens with zero attached hydrogens (tertiary/aromatic N) is 1. The van der Waals surface area contributed by atoms with Gasteiger partial charge in [-0.05, 0) is 139 Å². The average molecular weight is 834 g/mol. The van der Waals surface area contributed by atoms with Crippen LogP contribution in [0.3, 0.4) is 0 Å². The molecule has 3 heteroatoms. The highest BCUT2D eigenvalue weighted by molar-refractivity contribution is 6.10. The number of fused-ring (bicyclic) bond motifs is 3. The Morgan fingerprint density at radius 2 is 1.27 bits per heavy atom. The summed E-state index contributed by atoms with van der Waals surface area (Å²) in [5, 5.41) is 6.04. The third-order valence-corrected chi connectivity index (χ3v) is 10.2. The van der Waals surface area contributed by atoms with Gasteiger partial charge in [0.1, 0.15) is 0 Å². The molecule has 0 atom stereocenters. The van der Waals surface area contributed by atoms with Crippen LogP contribution in [0, 0.1) is 0 Å². The third-order valence-electron chi connectivity index (χ3n) is 10.2. The molecule has 0 aliphatic heterocycles. The fourth-order valence-electron chi connectivity index (χ4n) is 7.17. The molecule has 0 saturated heterocycles. The van der Waals surface area contributed by atoms with E-state index in [9.17, 15) is 0 Å². The van der Waals surface area contributed by atoms with Crippen molar-refractivity contribution < 1.29 is 0 Å². The molecule has 3 N–H and O–H groups in total. The van der Waals surface area contributed by atoms with Crippen LogP contribution in [0.2, 0.25) is 0 Å². The van der Waals surface area contributed by atoms with E-state index in [0.29, 0.717) is 6.54 Å². The number of rotatable bonds is 14. The van der Waals surface area contributed by atoms with E-state index in [1.807, 2.05) is 79.8 Å². The number of aromatic nitrogens is 1. The highest BCUT2D eigenvalue weighted by Gasteiger charge is 2.14. The summed E-state index contributed by atoms with van der Waals surface area (Å²) in [4.78, 5) is 0. The summed E-state index contributed by atoms with van der Waals surface area (Å²) in [5.41, 5.74) is 21.8. The minimum atomic E-state index is 0.423. The molecule has 5 aromatic carbocycles. The molecule has 1 aromatic heterocycles. The van der Waals surface area contributed by atoms with Gasteiger partial charge in [-0.2, -0.15) is 0 Å². The number of anilines is 1. The van der Waals surface area contributed by atoms with E-state index in [0.717, 1.165) is 50.3 Å². The fourth-order valence-corrected chi connectivity index (χ4v) is 7.17. The van der Waals surface area contributed by atoms with Crippen LogP contribution in [0.4, 0.5) is 5.69 Å². The molecule has 0 radical (unpaired) electrons. The van der Waals surface area contributed by atoms with Gasteiger partial charge in [-0.3, -0.25) is 0 Å². The summed E-state index contributed by atoms with van der Waals surface area (Å²) < 4.78 is 2.35. The lowest BCUT2D eigenvalue weighted by Gasteiger charge is -2.14. The number of allylic oxidation sites excluding steroid dienone is 15. The van der Waals surface area contributed by atoms with Crippen molar-refractivity contribution in [2.45, 2.75) is 76.2 Å². The third kappa shape index (κ3) is 13.2. The maximum Gasteiger partial charge on any atom is 0.0541 e. The van der Waals surface area contributed by atoms with Crippen molar-refractivity contribution in [3.63, 3.8) is 0 Å². The zero-order valence-corrected chi connectivity index (χ0v) is 39.8. The molecule has 6 aromatic rings. The second kappa shape index (κ2) is 27.3. The maximum atomic E-state index is 6.13. The van der Waals surface area contributed by atoms with E-state index in [4.69, 9.17) is 5.73 Å². The van der Waals surface area contributed by atoms with Crippen molar-refractivity contribution in [2.24, 2.45) is 5.73 Å². The molecule has 0 fully saturated rings. The van der Waals surface area contributed by atoms with E-state index in [1.54, 1.807) is 0 Å². The summed E-state index contributed by atoms with van der Waals surface area (Å²) in [5.74, 6) is 0. The molecule has 0 spiro atoms. The maximum absolute atomic E-state index is 6.13. The van der Waals surface area contributed by atoms with Crippen LogP contribution >= 0.6 is 0 Å². The van der Waals surface area contributed by atoms with Gasteiger partial charge in [0.2, 0.25) is 0 Å². The van der Waals surface area contributed by atoms with Gasteiger partial charge in [0, 0.05) is 40.5 Å². The van der Waals surface area contributed by atoms with Crippen molar-refractivity contribution in [1.82, 2.24) is 4.57 Å². The highest BCUT2D eigenvalue weighted by atomic mass is 15.0. The van der Waals surface area contributed by atoms with Gasteiger partial charge in [-0.15, -0.1) is 0 Å². The molecule has 63 heavy (non-hydrogen) atoms. The first-order chi connectivity index (χ1) is 30.9. The molecular formula is C60H71N3. The molecule has 0 saturated carbocycles. The smallest absolute Gasteiger partial charge is 0.0541 e. The summed E-state index contributed by atoms with van der Waals surface area (Å²) in [7, 11) is 0. The largest absolute Gasteiger partial charge is 0.361 e. The summed E-state index contributed by atoms with van der Waals surface area (Å²) >= 11 is 0. The lowest BCUT2D eigenvalue weighted by Crippen LogP contribution is -1.98. The number of benzene rings is 5. The molecule has 0 aliphatic carbocycles. The number of nitrogens with one attached hydrogen (secondary N) is 1. The summed E-state index contributed by atoms with van der Waals surface area (Å²) in [6.07, 6.45) is 24.9. The fraction of sp³-hybridized carbons (Fsp3) is 0.200. The van der Waals surface area contributed by atoms with Gasteiger partial charge in [0.05, 0.1) is 11.0 Å². The molecular weight excluding hydrogens is 763 g/mol. The summed E-state index contributed by atoms with van der Waals surface area (Å²) in [6.45, 7) is 27.4. The number of para-hydroxylation sites is 2. The normalized spacial score (nSPS) is 12.4. The molecule has 6 rings (SSSR count). The Bertz CT molecular complexity index is 2630. The van der Waals surface area contributed by atoms with E-state index < -0.39 is 0 Å². The first-order valence-electron chi connectivity index (χ1n) is 22.7. The lowest BCUT2D eigenvalue weighted by atomic mass is 9.93. The van der Waals surface area contributed by atoms with E-state index >= 15 is 0 Å². The SMILES string of the molecule is C=C(/C=C\C=C/C)c1cc(-c2ccc3c(c2)c2ccccc2n3-c2ccccc2)ccc1N/C=C\C(=C/CN)c1cccc(C(/C=C\C)=C(C)\C(C)=C\C=C/C)c1.CC.CC.CC. The monoisotopic (exact) mass is 834 g/mol. The van der Waals surface area contributed by atoms with Gasteiger partial charge in [-0.25, -0.2) is 0 Å². The first kappa shape index (κ1) is 50.7. The van der Waals surface area contributed by atoms with Gasteiger partial charge < -0.3 is 15.6 Å². The van der Waals surface area contributed by atoms with Gasteiger partial charge in [0.15, 0.2) is 0 Å². The Balaban J connectivity index is 0.00000169. The molecule has 0 amide bonds. The quantitative estimate of drug-likeness (QED) is 0.107. The van der Waals surface area contributed by atoms with Gasteiger partial charge >= 0.3 is 0 Å². The van der Waals surface area contributed by atoms with Crippen LogP contribution in [0.5, 0.6) is 0 Å². The standard InChI is InChI=1S/C54H53N3.3C2H6/c1-7-10-13-21-40(5)50-37-44(45-29-31-54-51(38-45)49-26-16-17-27-53(49)57(54)47-24-14-12-15-25-47)28-30-52(50)56-35-33-42(32-34-55)43-22-18-23-46(36-43)48(19-9-3)41(6)39(4)20-11-8-2;3*1-2/h7-33,35-38,56H,5,34,55H2,1-4,6H3;3*1-2H3/b10-7-,11-8-,19-9-,21-13-,35-33-,39-20+,42-32+,48-41-;;;. The zero-order valence-electron chi connectivity index (χ0n) is 39.8. The Hall–Kier alpha value is -6.68. The van der Waals surface area contributed by atoms with Crippen molar-refractivity contribution in [1.29, 1.82) is 0 Å². The Morgan fingerprint density at radius 1 is 0.619 bits per heavy atom. The Morgan fingerprint density at radius 3 is 1.97 bits per heavy atom. The number of hydrogen-bond acceptors (Lipinski definition) is 2. The Kier molecular flexibility index (Phi) is 22.0. The molecule has 0 unspecified atom stereocenters. The van der Waals surface area contributed by atoms with Gasteiger partial charge in [0.25, 0.3) is 0 Å². The van der Waals surface area contributed by atoms with E-state index in [2.05, 4.69) is 201 Å². The highest BCUT2D eigenvalue weighted by Crippen LogP contribution is 2.37. The predicted molar refractivity (Wildman–Crippen MR) is 285 cm³/mol. The van der Waals surface area contributed by atoms with Crippen LogP contribution in [0.15, 0.2) is 206 Å². The molecule has 0 aliphatic rings. The first-order valence-corrected chi connectivity index (χ1v) is 22.7. The van der Waals surface area contributed by atoms with E-state index in [1.165, 1.54) is 38.5 Å². The zero-order chi connectivity index (χ0) is 46.1. The number of nitrogens with two attached hydrogens (primary N) is 1. The Labute approximate surface area is 380 Å². The molecule has 326 valence electrons. The molecule has 3 nitrogen and oxygen atoms in total. The van der Waals surface area contributed by atoms with Gasteiger partial charge in [-0.1, -0.05) is 176 Å². The van der Waals surface area contributed by atoms with Crippen molar-refractivity contribution in [3.8, 4) is 16.8 Å². The minimum Gasteiger partial charge on any atom is -0.361 e. The van der Waals surface area contributed by atoms with Crippen LogP contribution < -0.4 is 11.1 Å². The number of hydrogen-bond donors (Lipinski definition) is 2. The molecule has 1 heterocycles. The van der Waals surface area contributed by atoms with Crippen LogP contribution in [0.25, 0.3) is 55.3 Å². The van der Waals surface area contributed by atoms with Crippen LogP contribution in [-0.4, -0.2) is 11.1 Å². The second-order valence-corrected chi connectivity index (χ2v) is 14.0. The second-order valence-electron chi connectivity index (χ2n) is 14.0. The van der Waals surface area contributed by atoms with Crippen molar-refractivity contribution >= 4 is 44.2 Å². The summed E-state index contributed by atoms with van der Waals surface area (Å²) in [6, 6.07) is 41.2. The lowest BCUT2D eigenvalue weighted by molar-refractivity contribution is 1.18. The predicted octanol–water partition coefficient (Wildman–Crippen LogP) is 17.5. The van der Waals surface area contributed by atoms with Crippen molar-refractivity contribution in [2.75, 3.05) is 11.9 Å². The average Bonchev–Trinajstić information content (AvgIpc) is 3.68. The topological polar surface area (TPSA) is 43.0 Å². The van der Waals surface area contributed by atoms with Crippen LogP contribution in [-0.2, 0) is 0 Å². The molecule has 0 bridgehead atoms.